The van der Waals surface area contributed by atoms with E-state index in [0.29, 0.717) is 5.41 Å². The van der Waals surface area contributed by atoms with Gasteiger partial charge in [-0.3, -0.25) is 0 Å². The lowest BCUT2D eigenvalue weighted by atomic mass is 9.92. The summed E-state index contributed by atoms with van der Waals surface area (Å²) in [6.45, 7) is 14.6. The van der Waals surface area contributed by atoms with E-state index in [1.54, 1.807) is 0 Å². The highest BCUT2D eigenvalue weighted by Crippen LogP contribution is 2.18. The van der Waals surface area contributed by atoms with Crippen molar-refractivity contribution in [3.8, 4) is 0 Å². The molecule has 0 aromatic carbocycles. The normalized spacial score (nSPS) is 13.1. The summed E-state index contributed by atoms with van der Waals surface area (Å²) in [5.74, 6) is 0. The summed E-state index contributed by atoms with van der Waals surface area (Å²) in [5.41, 5.74) is 0.430. The van der Waals surface area contributed by atoms with Gasteiger partial charge in [-0.2, -0.15) is 0 Å². The number of hydrogen-bond donors (Lipinski definition) is 0. The molecule has 0 amide bonds. The Morgan fingerprint density at radius 1 is 1.00 bits per heavy atom. The van der Waals surface area contributed by atoms with Crippen LogP contribution in [0.25, 0.3) is 0 Å². The first-order valence-corrected chi connectivity index (χ1v) is 5.37. The predicted octanol–water partition coefficient (Wildman–Crippen LogP) is 3.32. The maximum Gasteiger partial charge on any atom is 0.0162 e. The Balaban J connectivity index is 3.62. The predicted molar refractivity (Wildman–Crippen MR) is 61.0 cm³/mol. The van der Waals surface area contributed by atoms with Crippen molar-refractivity contribution in [1.29, 1.82) is 0 Å². The zero-order valence-electron chi connectivity index (χ0n) is 9.93. The topological polar surface area (TPSA) is 3.24 Å². The lowest BCUT2D eigenvalue weighted by Gasteiger charge is -2.17. The van der Waals surface area contributed by atoms with Crippen LogP contribution in [-0.4, -0.2) is 24.5 Å². The lowest BCUT2D eigenvalue weighted by Crippen LogP contribution is -2.22. The van der Waals surface area contributed by atoms with Crippen molar-refractivity contribution in [2.24, 2.45) is 5.41 Å². The first-order valence-electron chi connectivity index (χ1n) is 5.37. The molecule has 78 valence electrons. The zero-order chi connectivity index (χ0) is 10.3. The molecule has 0 spiro atoms. The zero-order valence-corrected chi connectivity index (χ0v) is 9.93. The van der Waals surface area contributed by atoms with Crippen molar-refractivity contribution in [3.63, 3.8) is 0 Å². The molecule has 0 aromatic heterocycles. The van der Waals surface area contributed by atoms with Crippen molar-refractivity contribution >= 4 is 0 Å². The molecule has 1 heteroatoms. The minimum absolute atomic E-state index is 0.430. The molecule has 0 aliphatic heterocycles. The molecule has 0 unspecified atom stereocenters. The Labute approximate surface area is 83.8 Å². The second kappa shape index (κ2) is 6.20. The van der Waals surface area contributed by atoms with Crippen LogP contribution in [0.1, 0.15) is 41.0 Å². The highest BCUT2D eigenvalue weighted by Gasteiger charge is 2.06. The summed E-state index contributed by atoms with van der Waals surface area (Å²) in [4.78, 5) is 2.42. The third-order valence-electron chi connectivity index (χ3n) is 2.15. The second-order valence-corrected chi connectivity index (χ2v) is 4.72. The maximum atomic E-state index is 2.42. The molecule has 0 bridgehead atoms. The molecule has 0 aliphatic carbocycles. The van der Waals surface area contributed by atoms with E-state index < -0.39 is 0 Å². The van der Waals surface area contributed by atoms with Gasteiger partial charge in [0.05, 0.1) is 0 Å². The van der Waals surface area contributed by atoms with Gasteiger partial charge in [0, 0.05) is 6.54 Å². The van der Waals surface area contributed by atoms with Gasteiger partial charge in [-0.05, 0) is 24.9 Å². The SMILES string of the molecule is CCN(CC)CC=CCC(C)(C)C. The Hall–Kier alpha value is -0.300. The minimum atomic E-state index is 0.430. The Kier molecular flexibility index (Phi) is 6.06. The summed E-state index contributed by atoms with van der Waals surface area (Å²) < 4.78 is 0. The van der Waals surface area contributed by atoms with E-state index in [1.165, 1.54) is 6.42 Å². The van der Waals surface area contributed by atoms with Crippen molar-refractivity contribution in [3.05, 3.63) is 12.2 Å². The number of hydrogen-bond acceptors (Lipinski definition) is 1. The molecule has 0 saturated heterocycles. The molecule has 0 aromatic rings. The summed E-state index contributed by atoms with van der Waals surface area (Å²) >= 11 is 0. The first kappa shape index (κ1) is 12.7. The van der Waals surface area contributed by atoms with Crippen LogP contribution in [0.4, 0.5) is 0 Å². The van der Waals surface area contributed by atoms with Gasteiger partial charge in [-0.1, -0.05) is 46.8 Å². The standard InChI is InChI=1S/C12H25N/c1-6-13(7-2)11-9-8-10-12(3,4)5/h8-9H,6-7,10-11H2,1-5H3. The van der Waals surface area contributed by atoms with Crippen molar-refractivity contribution in [1.82, 2.24) is 4.90 Å². The summed E-state index contributed by atoms with van der Waals surface area (Å²) in [7, 11) is 0. The molecule has 1 nitrogen and oxygen atoms in total. The Bertz CT molecular complexity index is 138. The van der Waals surface area contributed by atoms with E-state index in [-0.39, 0.29) is 0 Å². The molecule has 13 heavy (non-hydrogen) atoms. The summed E-state index contributed by atoms with van der Waals surface area (Å²) in [5, 5.41) is 0. The van der Waals surface area contributed by atoms with Crippen LogP contribution in [-0.2, 0) is 0 Å². The van der Waals surface area contributed by atoms with Crippen molar-refractivity contribution < 1.29 is 0 Å². The molecule has 0 saturated carbocycles. The van der Waals surface area contributed by atoms with Crippen LogP contribution in [0.5, 0.6) is 0 Å². The fraction of sp³-hybridized carbons (Fsp3) is 0.833. The maximum absolute atomic E-state index is 2.42. The van der Waals surface area contributed by atoms with Crippen LogP contribution in [0.3, 0.4) is 0 Å². The van der Waals surface area contributed by atoms with E-state index in [0.717, 1.165) is 19.6 Å². The Morgan fingerprint density at radius 2 is 1.54 bits per heavy atom. The quantitative estimate of drug-likeness (QED) is 0.591. The number of allylic oxidation sites excluding steroid dienone is 1. The van der Waals surface area contributed by atoms with Crippen LogP contribution >= 0.6 is 0 Å². The van der Waals surface area contributed by atoms with Gasteiger partial charge < -0.3 is 4.90 Å². The Morgan fingerprint density at radius 3 is 1.92 bits per heavy atom. The summed E-state index contributed by atoms with van der Waals surface area (Å²) in [6.07, 6.45) is 5.77. The van der Waals surface area contributed by atoms with E-state index >= 15 is 0 Å². The minimum Gasteiger partial charge on any atom is -0.300 e. The van der Waals surface area contributed by atoms with Crippen molar-refractivity contribution in [2.75, 3.05) is 19.6 Å². The smallest absolute Gasteiger partial charge is 0.0162 e. The molecule has 0 radical (unpaired) electrons. The van der Waals surface area contributed by atoms with E-state index in [2.05, 4.69) is 51.7 Å². The first-order chi connectivity index (χ1) is 5.99. The fourth-order valence-corrected chi connectivity index (χ4v) is 1.14. The van der Waals surface area contributed by atoms with Gasteiger partial charge in [0.2, 0.25) is 0 Å². The van der Waals surface area contributed by atoms with Crippen molar-refractivity contribution in [2.45, 2.75) is 41.0 Å². The molecule has 0 fully saturated rings. The van der Waals surface area contributed by atoms with Gasteiger partial charge in [0.15, 0.2) is 0 Å². The van der Waals surface area contributed by atoms with Gasteiger partial charge in [-0.15, -0.1) is 0 Å². The van der Waals surface area contributed by atoms with Gasteiger partial charge >= 0.3 is 0 Å². The number of rotatable bonds is 5. The molecule has 0 atom stereocenters. The highest BCUT2D eigenvalue weighted by molar-refractivity contribution is 4.87. The molecule has 0 N–H and O–H groups in total. The molecule has 0 aliphatic rings. The van der Waals surface area contributed by atoms with Gasteiger partial charge in [0.25, 0.3) is 0 Å². The van der Waals surface area contributed by atoms with Crippen LogP contribution < -0.4 is 0 Å². The third-order valence-corrected chi connectivity index (χ3v) is 2.15. The highest BCUT2D eigenvalue weighted by atomic mass is 15.1. The van der Waals surface area contributed by atoms with Gasteiger partial charge in [0.1, 0.15) is 0 Å². The average Bonchev–Trinajstić information content (AvgIpc) is 2.03. The van der Waals surface area contributed by atoms with E-state index in [9.17, 15) is 0 Å². The molecule has 0 rings (SSSR count). The average molecular weight is 183 g/mol. The summed E-state index contributed by atoms with van der Waals surface area (Å²) in [6, 6.07) is 0. The second-order valence-electron chi connectivity index (χ2n) is 4.72. The monoisotopic (exact) mass is 183 g/mol. The number of nitrogens with zero attached hydrogens (tertiary/aromatic N) is 1. The van der Waals surface area contributed by atoms with Gasteiger partial charge in [-0.25, -0.2) is 0 Å². The van der Waals surface area contributed by atoms with Crippen LogP contribution in [0.2, 0.25) is 0 Å². The largest absolute Gasteiger partial charge is 0.300 e. The van der Waals surface area contributed by atoms with Crippen LogP contribution in [0.15, 0.2) is 12.2 Å². The number of likely N-dealkylation sites (N-methyl/N-ethyl adjacent to an activating group) is 1. The molecular formula is C12H25N. The van der Waals surface area contributed by atoms with Crippen LogP contribution in [0, 0.1) is 5.41 Å². The van der Waals surface area contributed by atoms with E-state index in [4.69, 9.17) is 0 Å². The van der Waals surface area contributed by atoms with E-state index in [1.807, 2.05) is 0 Å². The third kappa shape index (κ3) is 8.04. The molecular weight excluding hydrogens is 158 g/mol. The fourth-order valence-electron chi connectivity index (χ4n) is 1.14. The lowest BCUT2D eigenvalue weighted by molar-refractivity contribution is 0.336. The molecule has 0 heterocycles.